The maximum absolute atomic E-state index is 7.13. The SMILES string of the molecule is CC(C)CCCCCOP1Oc2c(cc(C(C)(C)C)cc2C(C)(C)C)CC2=CC=CC(C(C)(C)C)(C(C)(C)C)C2O1. The Bertz CT molecular complexity index is 1090. The lowest BCUT2D eigenvalue weighted by Gasteiger charge is -2.57. The molecule has 1 aromatic carbocycles. The molecule has 3 rings (SSSR count). The van der Waals surface area contributed by atoms with E-state index in [4.69, 9.17) is 13.6 Å². The zero-order valence-electron chi connectivity index (χ0n) is 29.0. The van der Waals surface area contributed by atoms with Gasteiger partial charge in [-0.2, -0.15) is 0 Å². The van der Waals surface area contributed by atoms with E-state index >= 15 is 0 Å². The van der Waals surface area contributed by atoms with Gasteiger partial charge in [-0.1, -0.05) is 147 Å². The van der Waals surface area contributed by atoms with Crippen LogP contribution in [-0.4, -0.2) is 12.7 Å². The molecule has 0 saturated carbocycles. The Kier molecular flexibility index (Phi) is 10.4. The monoisotopic (exact) mass is 584 g/mol. The third-order valence-electron chi connectivity index (χ3n) is 9.12. The number of benzene rings is 1. The normalized spacial score (nSPS) is 21.5. The molecule has 4 heteroatoms. The first kappa shape index (κ1) is 34.3. The van der Waals surface area contributed by atoms with Crippen molar-refractivity contribution >= 4 is 8.60 Å². The maximum Gasteiger partial charge on any atom is 0.397 e. The van der Waals surface area contributed by atoms with Crippen LogP contribution < -0.4 is 4.52 Å². The van der Waals surface area contributed by atoms with Crippen molar-refractivity contribution in [3.05, 3.63) is 52.6 Å². The Morgan fingerprint density at radius 1 is 0.878 bits per heavy atom. The molecule has 1 heterocycles. The second kappa shape index (κ2) is 12.5. The van der Waals surface area contributed by atoms with Crippen molar-refractivity contribution in [2.45, 2.75) is 146 Å². The van der Waals surface area contributed by atoms with E-state index in [0.29, 0.717) is 6.61 Å². The summed E-state index contributed by atoms with van der Waals surface area (Å²) in [7, 11) is -1.61. The summed E-state index contributed by atoms with van der Waals surface area (Å²) in [5.41, 5.74) is 4.78. The smallest absolute Gasteiger partial charge is 0.397 e. The van der Waals surface area contributed by atoms with E-state index in [0.717, 1.165) is 24.5 Å². The van der Waals surface area contributed by atoms with Crippen molar-refractivity contribution in [2.75, 3.05) is 6.61 Å². The van der Waals surface area contributed by atoms with E-state index in [1.165, 1.54) is 41.5 Å². The maximum atomic E-state index is 7.13. The van der Waals surface area contributed by atoms with Crippen LogP contribution in [0.2, 0.25) is 0 Å². The molecule has 0 aromatic heterocycles. The molecule has 232 valence electrons. The summed E-state index contributed by atoms with van der Waals surface area (Å²) in [5, 5.41) is 0. The van der Waals surface area contributed by atoms with Gasteiger partial charge in [-0.3, -0.25) is 4.52 Å². The number of fused-ring (bicyclic) bond motifs is 2. The fourth-order valence-electron chi connectivity index (χ4n) is 6.85. The Balaban J connectivity index is 2.14. The highest BCUT2D eigenvalue weighted by molar-refractivity contribution is 7.42. The van der Waals surface area contributed by atoms with E-state index in [2.05, 4.69) is 127 Å². The molecular weight excluding hydrogens is 523 g/mol. The van der Waals surface area contributed by atoms with Crippen LogP contribution in [0.3, 0.4) is 0 Å². The Morgan fingerprint density at radius 2 is 1.51 bits per heavy atom. The summed E-state index contributed by atoms with van der Waals surface area (Å²) in [5.74, 6) is 1.71. The lowest BCUT2D eigenvalue weighted by Crippen LogP contribution is -2.55. The van der Waals surface area contributed by atoms with E-state index in [9.17, 15) is 0 Å². The lowest BCUT2D eigenvalue weighted by atomic mass is 9.49. The first-order chi connectivity index (χ1) is 18.7. The minimum absolute atomic E-state index is 0.0337. The molecule has 0 N–H and O–H groups in total. The van der Waals surface area contributed by atoms with Crippen LogP contribution in [0.25, 0.3) is 0 Å². The van der Waals surface area contributed by atoms with Gasteiger partial charge in [0.2, 0.25) is 0 Å². The van der Waals surface area contributed by atoms with Gasteiger partial charge in [-0.15, -0.1) is 0 Å². The first-order valence-electron chi connectivity index (χ1n) is 16.0. The van der Waals surface area contributed by atoms with Crippen LogP contribution in [-0.2, 0) is 26.3 Å². The van der Waals surface area contributed by atoms with E-state index in [1.807, 2.05) is 0 Å². The molecule has 0 saturated heterocycles. The van der Waals surface area contributed by atoms with Crippen LogP contribution in [0.5, 0.6) is 5.75 Å². The molecule has 0 bridgehead atoms. The molecule has 0 radical (unpaired) electrons. The Hall–Kier alpha value is -1.15. The predicted octanol–water partition coefficient (Wildman–Crippen LogP) is 11.6. The third-order valence-corrected chi connectivity index (χ3v) is 10.2. The molecule has 1 aliphatic heterocycles. The van der Waals surface area contributed by atoms with Gasteiger partial charge in [0.25, 0.3) is 0 Å². The standard InChI is InChI=1S/C37H61O3P/c1-26(2)19-16-15-17-22-38-41-39-31-28(24-29(33(3,4)5)25-30(31)34(6,7)8)23-27-20-18-21-37(32(27)40-41,35(9,10)11)36(12,13)14/h18,20-21,24-26,32H,15-17,19,22-23H2,1-14H3. The third kappa shape index (κ3) is 7.69. The Labute approximate surface area is 254 Å². The summed E-state index contributed by atoms with van der Waals surface area (Å²) < 4.78 is 20.7. The van der Waals surface area contributed by atoms with Crippen molar-refractivity contribution < 1.29 is 13.6 Å². The van der Waals surface area contributed by atoms with Crippen molar-refractivity contribution in [3.63, 3.8) is 0 Å². The largest absolute Gasteiger partial charge is 0.426 e. The second-order valence-electron chi connectivity index (χ2n) is 17.0. The molecule has 41 heavy (non-hydrogen) atoms. The van der Waals surface area contributed by atoms with Crippen LogP contribution in [0.15, 0.2) is 35.9 Å². The van der Waals surface area contributed by atoms with Gasteiger partial charge in [-0.25, -0.2) is 0 Å². The summed E-state index contributed by atoms with van der Waals surface area (Å²) in [6.45, 7) is 33.2. The predicted molar refractivity (Wildman–Crippen MR) is 178 cm³/mol. The molecule has 1 aliphatic carbocycles. The fraction of sp³-hybridized carbons (Fsp3) is 0.730. The molecule has 2 aliphatic rings. The fourth-order valence-corrected chi connectivity index (χ4v) is 8.13. The lowest BCUT2D eigenvalue weighted by molar-refractivity contribution is -0.0702. The number of hydrogen-bond donors (Lipinski definition) is 0. The molecular formula is C37H61O3P. The molecule has 1 aromatic rings. The molecule has 2 unspecified atom stereocenters. The van der Waals surface area contributed by atoms with Crippen molar-refractivity contribution in [1.29, 1.82) is 0 Å². The van der Waals surface area contributed by atoms with Gasteiger partial charge in [-0.05, 0) is 57.1 Å². The average molecular weight is 585 g/mol. The topological polar surface area (TPSA) is 27.7 Å². The van der Waals surface area contributed by atoms with E-state index < -0.39 is 8.60 Å². The average Bonchev–Trinajstić information content (AvgIpc) is 2.78. The summed E-state index contributed by atoms with van der Waals surface area (Å²) in [6.07, 6.45) is 12.4. The van der Waals surface area contributed by atoms with Gasteiger partial charge >= 0.3 is 8.60 Å². The van der Waals surface area contributed by atoms with Gasteiger partial charge in [0, 0.05) is 11.0 Å². The summed E-state index contributed by atoms with van der Waals surface area (Å²) in [4.78, 5) is 0. The van der Waals surface area contributed by atoms with Crippen molar-refractivity contribution in [2.24, 2.45) is 22.2 Å². The minimum atomic E-state index is -1.61. The van der Waals surface area contributed by atoms with Crippen molar-refractivity contribution in [3.8, 4) is 5.75 Å². The minimum Gasteiger partial charge on any atom is -0.426 e. The van der Waals surface area contributed by atoms with Gasteiger partial charge < -0.3 is 9.05 Å². The Morgan fingerprint density at radius 3 is 2.05 bits per heavy atom. The van der Waals surface area contributed by atoms with Gasteiger partial charge in [0.1, 0.15) is 5.75 Å². The highest BCUT2D eigenvalue weighted by Crippen LogP contribution is 2.63. The van der Waals surface area contributed by atoms with Crippen LogP contribution in [0.1, 0.15) is 139 Å². The highest BCUT2D eigenvalue weighted by atomic mass is 31.2. The number of rotatable bonds is 7. The zero-order valence-corrected chi connectivity index (χ0v) is 29.9. The van der Waals surface area contributed by atoms with Crippen LogP contribution >= 0.6 is 8.60 Å². The highest BCUT2D eigenvalue weighted by Gasteiger charge is 2.57. The van der Waals surface area contributed by atoms with Crippen molar-refractivity contribution in [1.82, 2.24) is 0 Å². The van der Waals surface area contributed by atoms with Crippen LogP contribution in [0, 0.1) is 22.2 Å². The number of hydrogen-bond acceptors (Lipinski definition) is 3. The summed E-state index contributed by atoms with van der Waals surface area (Å²) in [6, 6.07) is 4.75. The number of unbranched alkanes of at least 4 members (excludes halogenated alkanes) is 2. The zero-order chi connectivity index (χ0) is 31.0. The first-order valence-corrected chi connectivity index (χ1v) is 17.1. The van der Waals surface area contributed by atoms with Crippen LogP contribution in [0.4, 0.5) is 0 Å². The second-order valence-corrected chi connectivity index (χ2v) is 18.1. The quantitative estimate of drug-likeness (QED) is 0.236. The van der Waals surface area contributed by atoms with E-state index in [1.54, 1.807) is 0 Å². The molecule has 0 spiro atoms. The van der Waals surface area contributed by atoms with Gasteiger partial charge in [0.05, 0.1) is 12.7 Å². The summed E-state index contributed by atoms with van der Waals surface area (Å²) >= 11 is 0. The number of allylic oxidation sites excluding steroid dienone is 2. The molecule has 2 atom stereocenters. The van der Waals surface area contributed by atoms with E-state index in [-0.39, 0.29) is 33.2 Å². The molecule has 0 fully saturated rings. The van der Waals surface area contributed by atoms with Gasteiger partial charge in [0.15, 0.2) is 0 Å². The molecule has 0 amide bonds. The molecule has 3 nitrogen and oxygen atoms in total.